The van der Waals surface area contributed by atoms with Crippen LogP contribution < -0.4 is 20.2 Å². The lowest BCUT2D eigenvalue weighted by Gasteiger charge is -2.17. The van der Waals surface area contributed by atoms with E-state index in [0.29, 0.717) is 51.1 Å². The standard InChI is InChI=1S/C60H58N6O2S2/c1-6-10-14-16-24-41(22-12-8-3)39-67-45-34-30-43(31-35-45)54-52-53(57(66-54)58(62-5)60-64-49-27-19-21-29-51(49)70-60)55(65-56(52)47(38-61)59-63-48-26-18-20-28-50(48)69-59)44-32-36-46(37-33-44)68-40-42(23-13-9-4)25-17-15-11-7-2/h18-21,25-37,41-42,65-66H,2,6,8-10,12-14,16,22-24,39-40H2,1,3-4H3/b56-47-,58-57+. The number of hydrogen-bond acceptors (Lipinski definition) is 7. The first-order valence-corrected chi connectivity index (χ1v) is 26.2. The molecule has 2 unspecified atom stereocenters. The zero-order chi connectivity index (χ0) is 48.7. The molecule has 8 rings (SSSR count). The molecule has 0 radical (unpaired) electrons. The number of aromatic nitrogens is 4. The number of rotatable bonds is 22. The van der Waals surface area contributed by atoms with Crippen molar-refractivity contribution in [2.24, 2.45) is 11.8 Å². The smallest absolute Gasteiger partial charge is 0.245 e. The molecule has 0 fully saturated rings. The summed E-state index contributed by atoms with van der Waals surface area (Å²) in [5.41, 5.74) is 16.9. The average molecular weight is 959 g/mol. The third-order valence-electron chi connectivity index (χ3n) is 12.6. The molecule has 4 heterocycles. The van der Waals surface area contributed by atoms with Gasteiger partial charge in [-0.3, -0.25) is 0 Å². The number of aromatic amines is 2. The number of nitriles is 1. The molecule has 0 aliphatic rings. The molecule has 4 aromatic carbocycles. The third kappa shape index (κ3) is 11.6. The first kappa shape index (κ1) is 49.1. The number of fused-ring (bicyclic) bond motifs is 3. The highest BCUT2D eigenvalue weighted by atomic mass is 32.1. The molecule has 352 valence electrons. The van der Waals surface area contributed by atoms with E-state index in [1.54, 1.807) is 0 Å². The molecule has 2 N–H and O–H groups in total. The zero-order valence-electron chi connectivity index (χ0n) is 40.3. The number of benzene rings is 4. The van der Waals surface area contributed by atoms with E-state index in [0.717, 1.165) is 84.5 Å². The van der Waals surface area contributed by atoms with E-state index in [-0.39, 0.29) is 5.92 Å². The van der Waals surface area contributed by atoms with Gasteiger partial charge in [0.15, 0.2) is 0 Å². The van der Waals surface area contributed by atoms with Crippen molar-refractivity contribution in [2.75, 3.05) is 13.2 Å². The molecule has 4 aromatic heterocycles. The van der Waals surface area contributed by atoms with Gasteiger partial charge >= 0.3 is 0 Å². The van der Waals surface area contributed by atoms with Crippen LogP contribution >= 0.6 is 22.7 Å². The van der Waals surface area contributed by atoms with Crippen LogP contribution in [0.3, 0.4) is 0 Å². The molecule has 0 spiro atoms. The minimum Gasteiger partial charge on any atom is -0.493 e. The maximum atomic E-state index is 11.2. The third-order valence-corrected chi connectivity index (χ3v) is 14.7. The molecule has 0 amide bonds. The van der Waals surface area contributed by atoms with Gasteiger partial charge in [0, 0.05) is 16.7 Å². The fourth-order valence-electron chi connectivity index (χ4n) is 8.86. The first-order chi connectivity index (χ1) is 34.5. The molecule has 10 heteroatoms. The number of unbranched alkanes of at least 4 members (excludes halogenated alkanes) is 5. The van der Waals surface area contributed by atoms with Crippen LogP contribution in [0.4, 0.5) is 0 Å². The van der Waals surface area contributed by atoms with Crippen molar-refractivity contribution >= 4 is 65.1 Å². The van der Waals surface area contributed by atoms with Gasteiger partial charge in [0.05, 0.1) is 62.3 Å². The van der Waals surface area contributed by atoms with Crippen molar-refractivity contribution in [1.29, 1.82) is 5.26 Å². The van der Waals surface area contributed by atoms with Crippen molar-refractivity contribution in [3.63, 3.8) is 0 Å². The van der Waals surface area contributed by atoms with Crippen molar-refractivity contribution < 1.29 is 9.47 Å². The van der Waals surface area contributed by atoms with Gasteiger partial charge in [-0.05, 0) is 133 Å². The largest absolute Gasteiger partial charge is 0.493 e. The van der Waals surface area contributed by atoms with Crippen LogP contribution in [0.5, 0.6) is 11.5 Å². The number of hydrogen-bond donors (Lipinski definition) is 2. The Kier molecular flexibility index (Phi) is 17.0. The Morgan fingerprint density at radius 2 is 1.24 bits per heavy atom. The molecule has 0 aliphatic carbocycles. The Hall–Kier alpha value is -7.34. The Labute approximate surface area is 418 Å². The number of nitrogens with one attached hydrogen (secondary N) is 2. The maximum Gasteiger partial charge on any atom is 0.245 e. The van der Waals surface area contributed by atoms with E-state index < -0.39 is 0 Å². The number of H-pyrrole nitrogens is 2. The van der Waals surface area contributed by atoms with E-state index in [1.807, 2.05) is 91.0 Å². The molecule has 0 aliphatic heterocycles. The van der Waals surface area contributed by atoms with Crippen LogP contribution in [0.1, 0.15) is 101 Å². The van der Waals surface area contributed by atoms with Gasteiger partial charge in [0.25, 0.3) is 0 Å². The fourth-order valence-corrected chi connectivity index (χ4v) is 10.8. The molecule has 0 saturated heterocycles. The van der Waals surface area contributed by atoms with Crippen LogP contribution in [0, 0.1) is 29.7 Å². The van der Waals surface area contributed by atoms with Gasteiger partial charge in [0.2, 0.25) is 5.70 Å². The minimum atomic E-state index is 0.140. The summed E-state index contributed by atoms with van der Waals surface area (Å²) in [5, 5.41) is 15.1. The molecule has 70 heavy (non-hydrogen) atoms. The number of thiazole rings is 2. The predicted octanol–water partition coefficient (Wildman–Crippen LogP) is 15.0. The van der Waals surface area contributed by atoms with E-state index in [9.17, 15) is 5.26 Å². The molecule has 2 atom stereocenters. The number of para-hydroxylation sites is 2. The quantitative estimate of drug-likeness (QED) is 0.0400. The molecular weight excluding hydrogens is 901 g/mol. The van der Waals surface area contributed by atoms with Gasteiger partial charge < -0.3 is 19.4 Å². The summed E-state index contributed by atoms with van der Waals surface area (Å²) < 4.78 is 14.9. The van der Waals surface area contributed by atoms with Gasteiger partial charge in [-0.15, -0.1) is 22.7 Å². The molecule has 0 bridgehead atoms. The topological polar surface area (TPSA) is 104 Å². The molecule has 8 nitrogen and oxygen atoms in total. The lowest BCUT2D eigenvalue weighted by Crippen LogP contribution is -2.12. The van der Waals surface area contributed by atoms with Crippen LogP contribution in [0.2, 0.25) is 0 Å². The van der Waals surface area contributed by atoms with Crippen LogP contribution in [-0.4, -0.2) is 33.1 Å². The van der Waals surface area contributed by atoms with Gasteiger partial charge in [0.1, 0.15) is 33.2 Å². The first-order valence-electron chi connectivity index (χ1n) is 24.6. The summed E-state index contributed by atoms with van der Waals surface area (Å²) in [5.74, 6) is 2.19. The average Bonchev–Trinajstić information content (AvgIpc) is 4.20. The second kappa shape index (κ2) is 24.3. The maximum absolute atomic E-state index is 11.2. The van der Waals surface area contributed by atoms with Crippen LogP contribution in [-0.2, 0) is 0 Å². The highest BCUT2D eigenvalue weighted by Gasteiger charge is 2.24. The Morgan fingerprint density at radius 3 is 1.84 bits per heavy atom. The monoisotopic (exact) mass is 958 g/mol. The highest BCUT2D eigenvalue weighted by Crippen LogP contribution is 2.36. The molecule has 8 aromatic rings. The van der Waals surface area contributed by atoms with Crippen LogP contribution in [0.15, 0.2) is 133 Å². The molecular formula is C60H58N6O2S2. The highest BCUT2D eigenvalue weighted by molar-refractivity contribution is 7.20. The summed E-state index contributed by atoms with van der Waals surface area (Å²) in [6, 6.07) is 34.6. The summed E-state index contributed by atoms with van der Waals surface area (Å²) in [6.45, 7) is 20.1. The van der Waals surface area contributed by atoms with Gasteiger partial charge in [-0.25, -0.2) is 14.8 Å². The van der Waals surface area contributed by atoms with Crippen molar-refractivity contribution in [3.05, 3.63) is 165 Å². The SMILES string of the molecule is [C-]#[N+]/C(c1nc2ccccc2s1)=c1/[nH]c(-c2ccc(OCC(CCCC)CCCCCC)cc2)c2/c(=C(\C#N)c3nc4ccccc4s3)[nH]c(-c3ccc(OCC(C=C=C=C=C=C)CCCC)cc3)c12. The number of ether oxygens (including phenoxy) is 2. The van der Waals surface area contributed by atoms with Crippen LogP contribution in [0.25, 0.3) is 69.8 Å². The van der Waals surface area contributed by atoms with Crippen molar-refractivity contribution in [1.82, 2.24) is 19.9 Å². The Bertz CT molecular complexity index is 3300. The summed E-state index contributed by atoms with van der Waals surface area (Å²) in [7, 11) is 0. The van der Waals surface area contributed by atoms with Gasteiger partial charge in [-0.1, -0.05) is 108 Å². The summed E-state index contributed by atoms with van der Waals surface area (Å²) in [6.07, 6.45) is 14.8. The van der Waals surface area contributed by atoms with E-state index >= 15 is 0 Å². The Balaban J connectivity index is 1.29. The minimum absolute atomic E-state index is 0.140. The summed E-state index contributed by atoms with van der Waals surface area (Å²) >= 11 is 2.97. The zero-order valence-corrected chi connectivity index (χ0v) is 41.9. The van der Waals surface area contributed by atoms with E-state index in [1.165, 1.54) is 74.0 Å². The normalized spacial score (nSPS) is 12.8. The van der Waals surface area contributed by atoms with Gasteiger partial charge in [-0.2, -0.15) is 5.26 Å². The van der Waals surface area contributed by atoms with Crippen molar-refractivity contribution in [3.8, 4) is 40.1 Å². The lowest BCUT2D eigenvalue weighted by atomic mass is 9.96. The summed E-state index contributed by atoms with van der Waals surface area (Å²) in [4.78, 5) is 21.7. The second-order valence-corrected chi connectivity index (χ2v) is 19.7. The molecule has 0 saturated carbocycles. The number of nitrogens with zero attached hydrogens (tertiary/aromatic N) is 4. The van der Waals surface area contributed by atoms with E-state index in [2.05, 4.69) is 83.3 Å². The predicted molar refractivity (Wildman–Crippen MR) is 289 cm³/mol. The van der Waals surface area contributed by atoms with Crippen molar-refractivity contribution in [2.45, 2.75) is 91.4 Å². The van der Waals surface area contributed by atoms with E-state index in [4.69, 9.17) is 26.0 Å². The Morgan fingerprint density at radius 1 is 0.686 bits per heavy atom. The fraction of sp³-hybridized carbons (Fsp3) is 0.300. The second-order valence-electron chi connectivity index (χ2n) is 17.6. The lowest BCUT2D eigenvalue weighted by molar-refractivity contribution is 0.225.